The summed E-state index contributed by atoms with van der Waals surface area (Å²) in [6.45, 7) is 7.33. The molecule has 3 saturated heterocycles. The number of nitrogens with zero attached hydrogens (tertiary/aromatic N) is 4. The number of rotatable bonds is 7. The van der Waals surface area contributed by atoms with Crippen LogP contribution in [0, 0.1) is 17.7 Å². The molecule has 3 aliphatic rings. The van der Waals surface area contributed by atoms with E-state index in [9.17, 15) is 22.4 Å². The molecule has 8 nitrogen and oxygen atoms in total. The second-order valence-electron chi connectivity index (χ2n) is 9.47. The van der Waals surface area contributed by atoms with E-state index in [1.165, 1.54) is 33.5 Å². The number of carbonyl (C=O) groups is 2. The molecule has 1 aromatic carbocycles. The molecular formula is C24H35FN4O4S. The first-order chi connectivity index (χ1) is 16.3. The number of piperidine rings is 2. The molecule has 1 aromatic rings. The van der Waals surface area contributed by atoms with E-state index in [1.54, 1.807) is 4.31 Å². The Morgan fingerprint density at radius 2 is 1.44 bits per heavy atom. The number of carbonyl (C=O) groups excluding carboxylic acids is 2. The van der Waals surface area contributed by atoms with Crippen molar-refractivity contribution in [3.8, 4) is 0 Å². The number of amides is 2. The van der Waals surface area contributed by atoms with Crippen LogP contribution in [0.2, 0.25) is 0 Å². The lowest BCUT2D eigenvalue weighted by molar-refractivity contribution is -0.123. The van der Waals surface area contributed by atoms with Crippen molar-refractivity contribution in [3.63, 3.8) is 0 Å². The number of imide groups is 1. The van der Waals surface area contributed by atoms with Gasteiger partial charge in [0.25, 0.3) is 16.1 Å². The number of anilines is 1. The third-order valence-corrected chi connectivity index (χ3v) is 9.93. The molecule has 1 atom stereocenters. The first kappa shape index (κ1) is 25.2. The highest BCUT2D eigenvalue weighted by molar-refractivity contribution is 7.86. The molecule has 34 heavy (non-hydrogen) atoms. The molecule has 0 radical (unpaired) electrons. The minimum atomic E-state index is -3.38. The molecule has 10 heteroatoms. The summed E-state index contributed by atoms with van der Waals surface area (Å²) >= 11 is 0. The van der Waals surface area contributed by atoms with Gasteiger partial charge in [0.1, 0.15) is 5.82 Å². The molecule has 0 saturated carbocycles. The summed E-state index contributed by atoms with van der Waals surface area (Å²) in [5.74, 6) is 0.116. The van der Waals surface area contributed by atoms with E-state index in [4.69, 9.17) is 0 Å². The van der Waals surface area contributed by atoms with E-state index in [0.29, 0.717) is 43.7 Å². The molecule has 0 bridgehead atoms. The Morgan fingerprint density at radius 3 is 1.97 bits per heavy atom. The van der Waals surface area contributed by atoms with Gasteiger partial charge < -0.3 is 0 Å². The number of halogens is 1. The normalized spacial score (nSPS) is 24.5. The van der Waals surface area contributed by atoms with Crippen molar-refractivity contribution in [3.05, 3.63) is 30.1 Å². The molecule has 2 amide bonds. The van der Waals surface area contributed by atoms with Gasteiger partial charge in [0, 0.05) is 26.2 Å². The fourth-order valence-corrected chi connectivity index (χ4v) is 7.41. The van der Waals surface area contributed by atoms with Gasteiger partial charge in [0.05, 0.1) is 18.2 Å². The lowest BCUT2D eigenvalue weighted by atomic mass is 9.79. The van der Waals surface area contributed by atoms with Crippen molar-refractivity contribution in [2.45, 2.75) is 52.0 Å². The maximum absolute atomic E-state index is 13.2. The summed E-state index contributed by atoms with van der Waals surface area (Å²) in [5, 5.41) is 0. The first-order valence-electron chi connectivity index (χ1n) is 12.4. The molecular weight excluding hydrogens is 459 g/mol. The van der Waals surface area contributed by atoms with Crippen LogP contribution in [0.5, 0.6) is 0 Å². The Bertz CT molecular complexity index is 983. The van der Waals surface area contributed by atoms with Gasteiger partial charge in [-0.1, -0.05) is 13.8 Å². The fraction of sp³-hybridized carbons (Fsp3) is 0.667. The average Bonchev–Trinajstić information content (AvgIpc) is 3.14. The van der Waals surface area contributed by atoms with Gasteiger partial charge in [-0.2, -0.15) is 17.0 Å². The van der Waals surface area contributed by atoms with Gasteiger partial charge in [0.15, 0.2) is 0 Å². The number of hydrogen-bond acceptors (Lipinski definition) is 5. The van der Waals surface area contributed by atoms with E-state index < -0.39 is 22.1 Å². The third kappa shape index (κ3) is 4.91. The Morgan fingerprint density at radius 1 is 0.912 bits per heavy atom. The van der Waals surface area contributed by atoms with E-state index in [2.05, 4.69) is 4.90 Å². The SMILES string of the molecule is CCN(CC)S(=O)(=O)N1CCC(C2CCN([C@@H]3CC(=O)N(c4ccc(F)cc4)C3=O)CC2)CC1. The van der Waals surface area contributed by atoms with Crippen LogP contribution in [-0.2, 0) is 19.8 Å². The standard InChI is InChI=1S/C24H35FN4O4S/c1-3-27(4-2)34(32,33)28-15-11-19(12-16-28)18-9-13-26(14-10-18)22-17-23(30)29(24(22)31)21-7-5-20(25)6-8-21/h5-8,18-19,22H,3-4,9-17H2,1-2H3/t22-/m1/s1. The van der Waals surface area contributed by atoms with Crippen LogP contribution >= 0.6 is 0 Å². The summed E-state index contributed by atoms with van der Waals surface area (Å²) in [4.78, 5) is 28.9. The summed E-state index contributed by atoms with van der Waals surface area (Å²) in [7, 11) is -3.38. The van der Waals surface area contributed by atoms with Crippen LogP contribution in [-0.4, -0.2) is 79.1 Å². The highest BCUT2D eigenvalue weighted by atomic mass is 32.2. The molecule has 0 aromatic heterocycles. The van der Waals surface area contributed by atoms with E-state index in [1.807, 2.05) is 13.8 Å². The number of benzene rings is 1. The Kier molecular flexibility index (Phi) is 7.71. The van der Waals surface area contributed by atoms with Gasteiger partial charge in [-0.05, 0) is 74.9 Å². The van der Waals surface area contributed by atoms with Crippen molar-refractivity contribution < 1.29 is 22.4 Å². The Labute approximate surface area is 201 Å². The van der Waals surface area contributed by atoms with Crippen LogP contribution in [0.3, 0.4) is 0 Å². The minimum absolute atomic E-state index is 0.155. The molecule has 3 fully saturated rings. The van der Waals surface area contributed by atoms with Crippen LogP contribution in [0.4, 0.5) is 10.1 Å². The zero-order valence-corrected chi connectivity index (χ0v) is 20.8. The van der Waals surface area contributed by atoms with Crippen LogP contribution in [0.1, 0.15) is 46.0 Å². The van der Waals surface area contributed by atoms with Crippen LogP contribution in [0.15, 0.2) is 24.3 Å². The maximum Gasteiger partial charge on any atom is 0.281 e. The van der Waals surface area contributed by atoms with Gasteiger partial charge in [0.2, 0.25) is 5.91 Å². The molecule has 3 aliphatic heterocycles. The maximum atomic E-state index is 13.2. The topological polar surface area (TPSA) is 81.2 Å². The van der Waals surface area contributed by atoms with Gasteiger partial charge >= 0.3 is 0 Å². The average molecular weight is 495 g/mol. The monoisotopic (exact) mass is 494 g/mol. The molecule has 0 N–H and O–H groups in total. The Balaban J connectivity index is 1.30. The molecule has 188 valence electrons. The van der Waals surface area contributed by atoms with E-state index in [-0.39, 0.29) is 18.2 Å². The van der Waals surface area contributed by atoms with Crippen LogP contribution < -0.4 is 4.90 Å². The quantitative estimate of drug-likeness (QED) is 0.544. The first-order valence-corrected chi connectivity index (χ1v) is 13.8. The summed E-state index contributed by atoms with van der Waals surface area (Å²) in [6, 6.07) is 4.99. The minimum Gasteiger partial charge on any atom is -0.292 e. The fourth-order valence-electron chi connectivity index (χ4n) is 5.76. The smallest absolute Gasteiger partial charge is 0.281 e. The predicted octanol–water partition coefficient (Wildman–Crippen LogP) is 2.47. The number of likely N-dealkylation sites (tertiary alicyclic amines) is 1. The van der Waals surface area contributed by atoms with Crippen molar-refractivity contribution >= 4 is 27.7 Å². The third-order valence-electron chi connectivity index (χ3n) is 7.75. The summed E-state index contributed by atoms with van der Waals surface area (Å²) < 4.78 is 42.0. The summed E-state index contributed by atoms with van der Waals surface area (Å²) in [5.41, 5.74) is 0.417. The van der Waals surface area contributed by atoms with Crippen molar-refractivity contribution in [2.75, 3.05) is 44.2 Å². The number of hydrogen-bond donors (Lipinski definition) is 0. The molecule has 0 spiro atoms. The predicted molar refractivity (Wildman–Crippen MR) is 128 cm³/mol. The largest absolute Gasteiger partial charge is 0.292 e. The highest BCUT2D eigenvalue weighted by Gasteiger charge is 2.44. The van der Waals surface area contributed by atoms with Gasteiger partial charge in [-0.15, -0.1) is 0 Å². The zero-order chi connectivity index (χ0) is 24.5. The second-order valence-corrected chi connectivity index (χ2v) is 11.4. The van der Waals surface area contributed by atoms with E-state index in [0.717, 1.165) is 38.8 Å². The second kappa shape index (κ2) is 10.4. The molecule has 0 unspecified atom stereocenters. The Hall–Kier alpha value is -1.88. The van der Waals surface area contributed by atoms with Crippen LogP contribution in [0.25, 0.3) is 0 Å². The van der Waals surface area contributed by atoms with Gasteiger partial charge in [-0.25, -0.2) is 9.29 Å². The lowest BCUT2D eigenvalue weighted by Gasteiger charge is -2.41. The van der Waals surface area contributed by atoms with Gasteiger partial charge in [-0.3, -0.25) is 14.5 Å². The van der Waals surface area contributed by atoms with E-state index >= 15 is 0 Å². The summed E-state index contributed by atoms with van der Waals surface area (Å²) in [6.07, 6.45) is 3.78. The van der Waals surface area contributed by atoms with Crippen molar-refractivity contribution in [2.24, 2.45) is 11.8 Å². The highest BCUT2D eigenvalue weighted by Crippen LogP contribution is 2.35. The zero-order valence-electron chi connectivity index (χ0n) is 20.0. The van der Waals surface area contributed by atoms with Crippen molar-refractivity contribution in [1.29, 1.82) is 0 Å². The molecule has 4 rings (SSSR count). The van der Waals surface area contributed by atoms with Crippen molar-refractivity contribution in [1.82, 2.24) is 13.5 Å². The molecule has 3 heterocycles. The lowest BCUT2D eigenvalue weighted by Crippen LogP contribution is -2.49. The molecule has 0 aliphatic carbocycles.